The Labute approximate surface area is 73.9 Å². The van der Waals surface area contributed by atoms with Crippen molar-refractivity contribution >= 4 is 11.8 Å². The zero-order valence-electron chi connectivity index (χ0n) is 7.51. The lowest BCUT2D eigenvalue weighted by Crippen LogP contribution is -2.14. The molecule has 2 atom stereocenters. The summed E-state index contributed by atoms with van der Waals surface area (Å²) in [6.07, 6.45) is 5.51. The van der Waals surface area contributed by atoms with Crippen LogP contribution in [-0.4, -0.2) is 17.3 Å². The van der Waals surface area contributed by atoms with Gasteiger partial charge in [0.15, 0.2) is 0 Å². The van der Waals surface area contributed by atoms with E-state index in [-0.39, 0.29) is 0 Å². The van der Waals surface area contributed by atoms with E-state index in [4.69, 9.17) is 4.74 Å². The predicted octanol–water partition coefficient (Wildman–Crippen LogP) is 3.04. The van der Waals surface area contributed by atoms with Gasteiger partial charge in [0, 0.05) is 0 Å². The summed E-state index contributed by atoms with van der Waals surface area (Å²) in [5.41, 5.74) is 0.511. The van der Waals surface area contributed by atoms with Gasteiger partial charge in [0.05, 0.1) is 6.10 Å². The second-order valence-electron chi connectivity index (χ2n) is 3.18. The number of rotatable bonds is 4. The van der Waals surface area contributed by atoms with Gasteiger partial charge in [0.25, 0.3) is 0 Å². The van der Waals surface area contributed by atoms with Crippen LogP contribution in [0.1, 0.15) is 39.5 Å². The van der Waals surface area contributed by atoms with Gasteiger partial charge in [-0.15, -0.1) is 11.8 Å². The Balaban J connectivity index is 2.08. The topological polar surface area (TPSA) is 9.23 Å². The number of ether oxygens (including phenoxy) is 1. The molecule has 1 fully saturated rings. The molecule has 0 aliphatic carbocycles. The first kappa shape index (κ1) is 9.40. The minimum absolute atomic E-state index is 0.468. The van der Waals surface area contributed by atoms with Crippen molar-refractivity contribution in [3.63, 3.8) is 0 Å². The van der Waals surface area contributed by atoms with Crippen LogP contribution >= 0.6 is 11.8 Å². The highest BCUT2D eigenvalue weighted by molar-refractivity contribution is 8.00. The van der Waals surface area contributed by atoms with Gasteiger partial charge in [-0.3, -0.25) is 0 Å². The van der Waals surface area contributed by atoms with E-state index in [1.807, 2.05) is 11.8 Å². The molecule has 0 aromatic heterocycles. The molecule has 0 amide bonds. The number of thioether (sulfide) groups is 1. The second-order valence-corrected chi connectivity index (χ2v) is 4.45. The quantitative estimate of drug-likeness (QED) is 0.648. The van der Waals surface area contributed by atoms with Crippen molar-refractivity contribution in [2.45, 2.75) is 51.1 Å². The van der Waals surface area contributed by atoms with Crippen molar-refractivity contribution in [3.8, 4) is 0 Å². The minimum atomic E-state index is 0.468. The van der Waals surface area contributed by atoms with Crippen LogP contribution in [0.2, 0.25) is 0 Å². The van der Waals surface area contributed by atoms with E-state index in [0.29, 0.717) is 11.5 Å². The highest BCUT2D eigenvalue weighted by Crippen LogP contribution is 2.28. The van der Waals surface area contributed by atoms with Gasteiger partial charge in [-0.1, -0.05) is 13.3 Å². The summed E-state index contributed by atoms with van der Waals surface area (Å²) >= 11 is 1.97. The third kappa shape index (κ3) is 3.48. The monoisotopic (exact) mass is 174 g/mol. The summed E-state index contributed by atoms with van der Waals surface area (Å²) in [5, 5.41) is 0. The molecule has 1 heterocycles. The van der Waals surface area contributed by atoms with E-state index in [1.54, 1.807) is 0 Å². The first-order chi connectivity index (χ1) is 5.33. The van der Waals surface area contributed by atoms with E-state index < -0.39 is 0 Å². The molecule has 0 bridgehead atoms. The van der Waals surface area contributed by atoms with Crippen LogP contribution < -0.4 is 0 Å². The summed E-state index contributed by atoms with van der Waals surface area (Å²) in [7, 11) is 0. The van der Waals surface area contributed by atoms with Gasteiger partial charge >= 0.3 is 0 Å². The molecule has 2 heteroatoms. The molecule has 1 aliphatic rings. The van der Waals surface area contributed by atoms with Crippen LogP contribution in [0, 0.1) is 0 Å². The molecule has 0 radical (unpaired) electrons. The third-order valence-corrected chi connectivity index (χ3v) is 3.21. The molecule has 0 N–H and O–H groups in total. The van der Waals surface area contributed by atoms with Crippen molar-refractivity contribution < 1.29 is 4.74 Å². The Morgan fingerprint density at radius 2 is 2.45 bits per heavy atom. The first-order valence-electron chi connectivity index (χ1n) is 4.60. The molecule has 1 rings (SSSR count). The van der Waals surface area contributed by atoms with Gasteiger partial charge in [0.2, 0.25) is 0 Å². The Kier molecular flexibility index (Phi) is 4.31. The predicted molar refractivity (Wildman–Crippen MR) is 50.9 cm³/mol. The zero-order valence-corrected chi connectivity index (χ0v) is 8.32. The summed E-state index contributed by atoms with van der Waals surface area (Å²) in [4.78, 5) is 0. The van der Waals surface area contributed by atoms with Gasteiger partial charge in [0.1, 0.15) is 5.44 Å². The maximum atomic E-state index is 5.81. The molecule has 11 heavy (non-hydrogen) atoms. The van der Waals surface area contributed by atoms with Gasteiger partial charge in [-0.2, -0.15) is 0 Å². The molecule has 1 aliphatic heterocycles. The van der Waals surface area contributed by atoms with Gasteiger partial charge < -0.3 is 4.74 Å². The van der Waals surface area contributed by atoms with E-state index in [0.717, 1.165) is 0 Å². The fourth-order valence-electron chi connectivity index (χ4n) is 1.39. The van der Waals surface area contributed by atoms with Gasteiger partial charge in [-0.25, -0.2) is 0 Å². The lowest BCUT2D eigenvalue weighted by molar-refractivity contribution is 0.0409. The van der Waals surface area contributed by atoms with Crippen LogP contribution in [0.15, 0.2) is 0 Å². The van der Waals surface area contributed by atoms with E-state index in [9.17, 15) is 0 Å². The standard InChI is InChI=1S/C9H18OS/c1-3-5-8(2)10-9-6-4-7-11-9/h8-9H,3-7H2,1-2H3. The lowest BCUT2D eigenvalue weighted by Gasteiger charge is -2.16. The molecule has 1 nitrogen and oxygen atoms in total. The van der Waals surface area contributed by atoms with E-state index in [2.05, 4.69) is 13.8 Å². The molecular formula is C9H18OS. The van der Waals surface area contributed by atoms with Crippen LogP contribution in [0.4, 0.5) is 0 Å². The molecule has 0 aromatic rings. The minimum Gasteiger partial charge on any atom is -0.365 e. The smallest absolute Gasteiger partial charge is 0.103 e. The number of hydrogen-bond acceptors (Lipinski definition) is 2. The van der Waals surface area contributed by atoms with Crippen molar-refractivity contribution in [2.24, 2.45) is 0 Å². The second kappa shape index (κ2) is 5.04. The van der Waals surface area contributed by atoms with E-state index in [1.165, 1.54) is 31.4 Å². The normalized spacial score (nSPS) is 27.3. The fraction of sp³-hybridized carbons (Fsp3) is 1.00. The van der Waals surface area contributed by atoms with Crippen LogP contribution in [0.25, 0.3) is 0 Å². The zero-order chi connectivity index (χ0) is 8.10. The Hall–Kier alpha value is 0.310. The Bertz CT molecular complexity index is 99.7. The van der Waals surface area contributed by atoms with Crippen molar-refractivity contribution in [2.75, 3.05) is 5.75 Å². The largest absolute Gasteiger partial charge is 0.365 e. The van der Waals surface area contributed by atoms with Crippen LogP contribution in [0.3, 0.4) is 0 Å². The summed E-state index contributed by atoms with van der Waals surface area (Å²) in [6.45, 7) is 4.39. The molecule has 0 spiro atoms. The third-order valence-electron chi connectivity index (χ3n) is 1.97. The molecule has 2 unspecified atom stereocenters. The molecule has 0 aromatic carbocycles. The maximum Gasteiger partial charge on any atom is 0.103 e. The number of hydrogen-bond donors (Lipinski definition) is 0. The van der Waals surface area contributed by atoms with Crippen LogP contribution in [0.5, 0.6) is 0 Å². The van der Waals surface area contributed by atoms with Gasteiger partial charge in [-0.05, 0) is 31.9 Å². The molecule has 66 valence electrons. The highest BCUT2D eigenvalue weighted by Gasteiger charge is 2.17. The lowest BCUT2D eigenvalue weighted by atomic mass is 10.2. The fourth-order valence-corrected chi connectivity index (χ4v) is 2.59. The summed E-state index contributed by atoms with van der Waals surface area (Å²) < 4.78 is 5.81. The van der Waals surface area contributed by atoms with E-state index >= 15 is 0 Å². The molecular weight excluding hydrogens is 156 g/mol. The van der Waals surface area contributed by atoms with Crippen molar-refractivity contribution in [1.82, 2.24) is 0 Å². The SMILES string of the molecule is CCCC(C)OC1CCCS1. The van der Waals surface area contributed by atoms with Crippen molar-refractivity contribution in [3.05, 3.63) is 0 Å². The van der Waals surface area contributed by atoms with Crippen LogP contribution in [-0.2, 0) is 4.74 Å². The summed E-state index contributed by atoms with van der Waals surface area (Å²) in [6, 6.07) is 0. The molecule has 0 saturated carbocycles. The first-order valence-corrected chi connectivity index (χ1v) is 5.65. The van der Waals surface area contributed by atoms with Crippen molar-refractivity contribution in [1.29, 1.82) is 0 Å². The Morgan fingerprint density at radius 3 is 3.00 bits per heavy atom. The Morgan fingerprint density at radius 1 is 1.64 bits per heavy atom. The average molecular weight is 174 g/mol. The summed E-state index contributed by atoms with van der Waals surface area (Å²) in [5.74, 6) is 1.30. The molecule has 1 saturated heterocycles. The highest BCUT2D eigenvalue weighted by atomic mass is 32.2. The average Bonchev–Trinajstić information content (AvgIpc) is 2.40. The maximum absolute atomic E-state index is 5.81.